The van der Waals surface area contributed by atoms with Crippen molar-refractivity contribution in [2.24, 2.45) is 0 Å². The molecule has 2 unspecified atom stereocenters. The van der Waals surface area contributed by atoms with Crippen LogP contribution in [-0.2, 0) is 22.6 Å². The fourth-order valence-electron chi connectivity index (χ4n) is 3.39. The molecule has 0 aromatic heterocycles. The van der Waals surface area contributed by atoms with E-state index in [0.29, 0.717) is 13.0 Å². The number of hydrogen-bond acceptors (Lipinski definition) is 3. The first-order valence-corrected chi connectivity index (χ1v) is 8.36. The van der Waals surface area contributed by atoms with Gasteiger partial charge in [0, 0.05) is 13.7 Å². The number of aliphatic hydroxyl groups excluding tert-OH is 1. The van der Waals surface area contributed by atoms with Crippen LogP contribution in [0.4, 0.5) is 4.39 Å². The molecule has 1 heterocycles. The molecule has 5 heteroatoms. The Bertz CT molecular complexity index is 749. The van der Waals surface area contributed by atoms with Crippen LogP contribution in [0, 0.1) is 5.82 Å². The lowest BCUT2D eigenvalue weighted by atomic mass is 10.0. The number of hydrogen-bond donors (Lipinski definition) is 1. The summed E-state index contributed by atoms with van der Waals surface area (Å²) in [4.78, 5) is 14.4. The summed E-state index contributed by atoms with van der Waals surface area (Å²) in [6.07, 6.45) is 0.0895. The van der Waals surface area contributed by atoms with Gasteiger partial charge in [0.25, 0.3) is 0 Å². The molecular weight excluding hydrogens is 321 g/mol. The highest BCUT2D eigenvalue weighted by atomic mass is 19.1. The van der Waals surface area contributed by atoms with E-state index in [4.69, 9.17) is 4.74 Å². The normalized spacial score (nSPS) is 20.0. The molecule has 132 valence electrons. The number of rotatable bonds is 5. The van der Waals surface area contributed by atoms with Crippen LogP contribution in [0.15, 0.2) is 48.5 Å². The van der Waals surface area contributed by atoms with Crippen LogP contribution in [-0.4, -0.2) is 35.7 Å². The minimum Gasteiger partial charge on any atom is -0.391 e. The standard InChI is InChI=1S/C20H22FNO3/c1-25-13-15-5-2-4-14(8-15)9-20(24)22-12-18(23)11-19(22)16-6-3-7-17(21)10-16/h2-8,10,18-19,23H,9,11-13H2,1H3. The van der Waals surface area contributed by atoms with Crippen molar-refractivity contribution in [3.8, 4) is 0 Å². The Morgan fingerprint density at radius 3 is 2.76 bits per heavy atom. The summed E-state index contributed by atoms with van der Waals surface area (Å²) < 4.78 is 18.7. The fourth-order valence-corrected chi connectivity index (χ4v) is 3.39. The second-order valence-corrected chi connectivity index (χ2v) is 6.44. The van der Waals surface area contributed by atoms with Gasteiger partial charge in [-0.05, 0) is 35.2 Å². The van der Waals surface area contributed by atoms with E-state index < -0.39 is 6.10 Å². The van der Waals surface area contributed by atoms with Crippen molar-refractivity contribution in [2.45, 2.75) is 31.6 Å². The smallest absolute Gasteiger partial charge is 0.227 e. The van der Waals surface area contributed by atoms with Crippen LogP contribution in [0.1, 0.15) is 29.2 Å². The molecule has 1 saturated heterocycles. The molecule has 4 nitrogen and oxygen atoms in total. The number of nitrogens with zero attached hydrogens (tertiary/aromatic N) is 1. The molecule has 1 N–H and O–H groups in total. The van der Waals surface area contributed by atoms with Gasteiger partial charge in [-0.15, -0.1) is 0 Å². The maximum absolute atomic E-state index is 13.5. The Hall–Kier alpha value is -2.24. The Morgan fingerprint density at radius 1 is 1.24 bits per heavy atom. The van der Waals surface area contributed by atoms with E-state index in [1.54, 1.807) is 24.1 Å². The lowest BCUT2D eigenvalue weighted by Gasteiger charge is -2.25. The molecule has 1 aliphatic rings. The number of benzene rings is 2. The SMILES string of the molecule is COCc1cccc(CC(=O)N2CC(O)CC2c2cccc(F)c2)c1. The molecule has 2 aromatic rings. The number of ether oxygens (including phenoxy) is 1. The van der Waals surface area contributed by atoms with Crippen LogP contribution in [0.5, 0.6) is 0 Å². The molecule has 25 heavy (non-hydrogen) atoms. The van der Waals surface area contributed by atoms with Crippen molar-refractivity contribution in [1.82, 2.24) is 4.90 Å². The summed E-state index contributed by atoms with van der Waals surface area (Å²) in [7, 11) is 1.63. The number of carbonyl (C=O) groups is 1. The molecule has 0 bridgehead atoms. The van der Waals surface area contributed by atoms with Crippen LogP contribution in [0.2, 0.25) is 0 Å². The zero-order chi connectivity index (χ0) is 17.8. The summed E-state index contributed by atoms with van der Waals surface area (Å²) in [6.45, 7) is 0.772. The molecule has 3 rings (SSSR count). The average Bonchev–Trinajstić information content (AvgIpc) is 2.98. The number of amides is 1. The third-order valence-corrected chi connectivity index (χ3v) is 4.49. The minimum absolute atomic E-state index is 0.0691. The van der Waals surface area contributed by atoms with Gasteiger partial charge in [-0.25, -0.2) is 4.39 Å². The molecule has 1 amide bonds. The van der Waals surface area contributed by atoms with E-state index in [-0.39, 0.29) is 30.7 Å². The molecule has 2 atom stereocenters. The molecule has 1 fully saturated rings. The van der Waals surface area contributed by atoms with Crippen LogP contribution < -0.4 is 0 Å². The number of β-amino-alcohol motifs (C(OH)–C–C–N with tert-alkyl or cyclic N) is 1. The van der Waals surface area contributed by atoms with E-state index in [2.05, 4.69) is 0 Å². The van der Waals surface area contributed by atoms with Crippen molar-refractivity contribution in [3.05, 3.63) is 71.0 Å². The average molecular weight is 343 g/mol. The van der Waals surface area contributed by atoms with Crippen molar-refractivity contribution in [2.75, 3.05) is 13.7 Å². The molecule has 1 aliphatic heterocycles. The van der Waals surface area contributed by atoms with Gasteiger partial charge in [0.1, 0.15) is 5.82 Å². The molecule has 0 radical (unpaired) electrons. The lowest BCUT2D eigenvalue weighted by molar-refractivity contribution is -0.131. The van der Waals surface area contributed by atoms with Crippen molar-refractivity contribution in [3.63, 3.8) is 0 Å². The zero-order valence-electron chi connectivity index (χ0n) is 14.2. The summed E-state index contributed by atoms with van der Waals surface area (Å²) in [5.41, 5.74) is 2.63. The first kappa shape index (κ1) is 17.6. The third-order valence-electron chi connectivity index (χ3n) is 4.49. The Kier molecular flexibility index (Phi) is 5.46. The number of halogens is 1. The van der Waals surface area contributed by atoms with Gasteiger partial charge in [0.15, 0.2) is 0 Å². The highest BCUT2D eigenvalue weighted by Gasteiger charge is 2.35. The van der Waals surface area contributed by atoms with E-state index in [1.807, 2.05) is 24.3 Å². The highest BCUT2D eigenvalue weighted by Crippen LogP contribution is 2.33. The number of aliphatic hydroxyl groups is 1. The summed E-state index contributed by atoms with van der Waals surface area (Å²) >= 11 is 0. The number of carbonyl (C=O) groups excluding carboxylic acids is 1. The molecule has 2 aromatic carbocycles. The predicted octanol–water partition coefficient (Wildman–Crippen LogP) is 2.85. The van der Waals surface area contributed by atoms with Crippen molar-refractivity contribution >= 4 is 5.91 Å². The van der Waals surface area contributed by atoms with E-state index >= 15 is 0 Å². The van der Waals surface area contributed by atoms with Crippen LogP contribution >= 0.6 is 0 Å². The van der Waals surface area contributed by atoms with Gasteiger partial charge in [-0.2, -0.15) is 0 Å². The zero-order valence-corrected chi connectivity index (χ0v) is 14.2. The van der Waals surface area contributed by atoms with Crippen molar-refractivity contribution in [1.29, 1.82) is 0 Å². The molecule has 0 aliphatic carbocycles. The van der Waals surface area contributed by atoms with Crippen LogP contribution in [0.25, 0.3) is 0 Å². The Morgan fingerprint density at radius 2 is 2.00 bits per heavy atom. The van der Waals surface area contributed by atoms with E-state index in [0.717, 1.165) is 16.7 Å². The highest BCUT2D eigenvalue weighted by molar-refractivity contribution is 5.79. The van der Waals surface area contributed by atoms with Gasteiger partial charge < -0.3 is 14.7 Å². The van der Waals surface area contributed by atoms with Crippen molar-refractivity contribution < 1.29 is 19.0 Å². The fraction of sp³-hybridized carbons (Fsp3) is 0.350. The predicted molar refractivity (Wildman–Crippen MR) is 92.3 cm³/mol. The summed E-state index contributed by atoms with van der Waals surface area (Å²) in [6, 6.07) is 13.7. The molecule has 0 saturated carbocycles. The maximum Gasteiger partial charge on any atom is 0.227 e. The van der Waals surface area contributed by atoms with Gasteiger partial charge in [0.2, 0.25) is 5.91 Å². The van der Waals surface area contributed by atoms with Gasteiger partial charge in [-0.1, -0.05) is 36.4 Å². The second-order valence-electron chi connectivity index (χ2n) is 6.44. The molecular formula is C20H22FNO3. The topological polar surface area (TPSA) is 49.8 Å². The quantitative estimate of drug-likeness (QED) is 0.908. The second kappa shape index (κ2) is 7.76. The lowest BCUT2D eigenvalue weighted by Crippen LogP contribution is -2.33. The Balaban J connectivity index is 1.76. The minimum atomic E-state index is -0.586. The summed E-state index contributed by atoms with van der Waals surface area (Å²) in [5, 5.41) is 10.0. The Labute approximate surface area is 146 Å². The van der Waals surface area contributed by atoms with E-state index in [1.165, 1.54) is 12.1 Å². The summed E-state index contributed by atoms with van der Waals surface area (Å²) in [5.74, 6) is -0.404. The van der Waals surface area contributed by atoms with Gasteiger partial charge in [0.05, 0.1) is 25.2 Å². The van der Waals surface area contributed by atoms with E-state index in [9.17, 15) is 14.3 Å². The monoisotopic (exact) mass is 343 g/mol. The molecule has 0 spiro atoms. The van der Waals surface area contributed by atoms with Crippen LogP contribution in [0.3, 0.4) is 0 Å². The largest absolute Gasteiger partial charge is 0.391 e. The number of likely N-dealkylation sites (tertiary alicyclic amines) is 1. The van der Waals surface area contributed by atoms with Gasteiger partial charge >= 0.3 is 0 Å². The van der Waals surface area contributed by atoms with Gasteiger partial charge in [-0.3, -0.25) is 4.79 Å². The first-order valence-electron chi connectivity index (χ1n) is 8.36. The first-order chi connectivity index (χ1) is 12.1. The number of methoxy groups -OCH3 is 1. The third kappa shape index (κ3) is 4.24. The maximum atomic E-state index is 13.5.